The van der Waals surface area contributed by atoms with E-state index in [4.69, 9.17) is 0 Å². The summed E-state index contributed by atoms with van der Waals surface area (Å²) >= 11 is 0. The largest absolute Gasteiger partial charge is 0.356 e. The summed E-state index contributed by atoms with van der Waals surface area (Å²) in [5.74, 6) is 0.838. The van der Waals surface area contributed by atoms with Gasteiger partial charge in [0, 0.05) is 24.3 Å². The third-order valence-electron chi connectivity index (χ3n) is 4.58. The zero-order valence-electron chi connectivity index (χ0n) is 16.2. The van der Waals surface area contributed by atoms with Crippen LogP contribution in [0.15, 0.2) is 0 Å². The number of carbonyl (C=O) groups excluding carboxylic acids is 2. The highest BCUT2D eigenvalue weighted by Crippen LogP contribution is 2.44. The molecule has 136 valence electrons. The normalized spacial score (nSPS) is 14.9. The van der Waals surface area contributed by atoms with Crippen molar-refractivity contribution in [3.05, 3.63) is 0 Å². The molecule has 3 heteroatoms. The van der Waals surface area contributed by atoms with Crippen LogP contribution in [0.1, 0.15) is 98.8 Å². The molecule has 1 amide bonds. The van der Waals surface area contributed by atoms with E-state index in [1.807, 2.05) is 34.6 Å². The Bertz CT molecular complexity index is 333. The minimum Gasteiger partial charge on any atom is -0.356 e. The number of amides is 1. The first-order valence-electron chi connectivity index (χ1n) is 9.77. The molecule has 0 aliphatic heterocycles. The number of carbonyl (C=O) groups is 2. The zero-order chi connectivity index (χ0) is 17.7. The monoisotopic (exact) mass is 325 g/mol. The molecule has 3 nitrogen and oxygen atoms in total. The van der Waals surface area contributed by atoms with Crippen LogP contribution in [0.5, 0.6) is 0 Å². The maximum absolute atomic E-state index is 11.7. The summed E-state index contributed by atoms with van der Waals surface area (Å²) in [5, 5.41) is 3.04. The molecule has 0 unspecified atom stereocenters. The van der Waals surface area contributed by atoms with Crippen molar-refractivity contribution in [3.63, 3.8) is 0 Å². The summed E-state index contributed by atoms with van der Waals surface area (Å²) in [5.41, 5.74) is -0.0343. The molecule has 1 aliphatic rings. The molecule has 0 atom stereocenters. The van der Waals surface area contributed by atoms with Crippen molar-refractivity contribution in [3.8, 4) is 0 Å². The number of ketones is 1. The summed E-state index contributed by atoms with van der Waals surface area (Å²) < 4.78 is 0. The van der Waals surface area contributed by atoms with Gasteiger partial charge in [-0.15, -0.1) is 0 Å². The Morgan fingerprint density at radius 1 is 0.913 bits per heavy atom. The summed E-state index contributed by atoms with van der Waals surface area (Å²) in [6, 6.07) is 0. The van der Waals surface area contributed by atoms with Gasteiger partial charge >= 0.3 is 0 Å². The molecule has 1 rings (SSSR count). The lowest BCUT2D eigenvalue weighted by Gasteiger charge is -2.09. The second kappa shape index (κ2) is 12.5. The third kappa shape index (κ3) is 10.5. The third-order valence-corrected chi connectivity index (χ3v) is 4.58. The second-order valence-corrected chi connectivity index (χ2v) is 7.16. The maximum atomic E-state index is 11.7. The van der Waals surface area contributed by atoms with Gasteiger partial charge in [0.15, 0.2) is 0 Å². The molecule has 1 saturated carbocycles. The molecule has 0 aromatic rings. The van der Waals surface area contributed by atoms with E-state index in [1.165, 1.54) is 32.1 Å². The fraction of sp³-hybridized carbons (Fsp3) is 0.900. The minimum absolute atomic E-state index is 0.0343. The summed E-state index contributed by atoms with van der Waals surface area (Å²) in [7, 11) is 0. The van der Waals surface area contributed by atoms with Crippen molar-refractivity contribution < 1.29 is 9.59 Å². The van der Waals surface area contributed by atoms with E-state index >= 15 is 0 Å². The molecule has 0 aromatic carbocycles. The van der Waals surface area contributed by atoms with Crippen LogP contribution in [0.3, 0.4) is 0 Å². The topological polar surface area (TPSA) is 46.2 Å². The summed E-state index contributed by atoms with van der Waals surface area (Å²) in [6.45, 7) is 10.8. The van der Waals surface area contributed by atoms with Crippen molar-refractivity contribution in [1.29, 1.82) is 0 Å². The average molecular weight is 326 g/mol. The predicted octanol–water partition coefficient (Wildman–Crippen LogP) is 5.27. The highest BCUT2D eigenvalue weighted by molar-refractivity contribution is 5.84. The van der Waals surface area contributed by atoms with Crippen LogP contribution in [0.25, 0.3) is 0 Å². The highest BCUT2D eigenvalue weighted by Gasteiger charge is 2.44. The van der Waals surface area contributed by atoms with Crippen molar-refractivity contribution in [2.45, 2.75) is 98.8 Å². The molecule has 0 bridgehead atoms. The van der Waals surface area contributed by atoms with Crippen LogP contribution in [0.4, 0.5) is 0 Å². The lowest BCUT2D eigenvalue weighted by molar-refractivity contribution is -0.125. The van der Waals surface area contributed by atoms with Gasteiger partial charge in [-0.2, -0.15) is 0 Å². The Morgan fingerprint density at radius 2 is 1.39 bits per heavy atom. The van der Waals surface area contributed by atoms with Gasteiger partial charge < -0.3 is 5.32 Å². The second-order valence-electron chi connectivity index (χ2n) is 7.16. The van der Waals surface area contributed by atoms with Gasteiger partial charge in [0.1, 0.15) is 5.78 Å². The van der Waals surface area contributed by atoms with Crippen molar-refractivity contribution in [1.82, 2.24) is 5.32 Å². The van der Waals surface area contributed by atoms with E-state index in [2.05, 4.69) is 5.32 Å². The Kier molecular flexibility index (Phi) is 12.1. The number of rotatable bonds is 12. The van der Waals surface area contributed by atoms with Crippen molar-refractivity contribution in [2.24, 2.45) is 11.3 Å². The first kappa shape index (κ1) is 22.1. The van der Waals surface area contributed by atoms with Gasteiger partial charge in [0.25, 0.3) is 0 Å². The lowest BCUT2D eigenvalue weighted by Crippen LogP contribution is -2.30. The van der Waals surface area contributed by atoms with E-state index in [0.717, 1.165) is 38.6 Å². The van der Waals surface area contributed by atoms with Crippen LogP contribution in [-0.2, 0) is 9.59 Å². The maximum Gasteiger partial charge on any atom is 0.225 e. The minimum atomic E-state index is -0.0343. The number of hydrogen-bond acceptors (Lipinski definition) is 2. The standard InChI is InChI=1S/C18H33NO2.C2H6/c1-15(2)16(20)11-9-7-5-4-6-8-10-14-19-17(21)18(3)12-13-18;1-2/h15H,4-14H2,1-3H3,(H,19,21);1-2H3. The molecular formula is C20H39NO2. The number of nitrogens with one attached hydrogen (secondary N) is 1. The molecular weight excluding hydrogens is 286 g/mol. The van der Waals surface area contributed by atoms with Gasteiger partial charge in [-0.05, 0) is 25.7 Å². The summed E-state index contributed by atoms with van der Waals surface area (Å²) in [4.78, 5) is 23.1. The van der Waals surface area contributed by atoms with Crippen molar-refractivity contribution >= 4 is 11.7 Å². The van der Waals surface area contributed by atoms with Gasteiger partial charge in [-0.1, -0.05) is 66.7 Å². The first-order valence-corrected chi connectivity index (χ1v) is 9.77. The SMILES string of the molecule is CC.CC(C)C(=O)CCCCCCCCCNC(=O)C1(C)CC1. The zero-order valence-corrected chi connectivity index (χ0v) is 16.2. The van der Waals surface area contributed by atoms with Crippen LogP contribution in [-0.4, -0.2) is 18.2 Å². The van der Waals surface area contributed by atoms with Crippen molar-refractivity contribution in [2.75, 3.05) is 6.54 Å². The molecule has 0 spiro atoms. The molecule has 0 aromatic heterocycles. The van der Waals surface area contributed by atoms with E-state index < -0.39 is 0 Å². The van der Waals surface area contributed by atoms with Crippen LogP contribution in [0.2, 0.25) is 0 Å². The Morgan fingerprint density at radius 3 is 1.87 bits per heavy atom. The Balaban J connectivity index is 0.00000232. The fourth-order valence-corrected chi connectivity index (χ4v) is 2.43. The number of unbranched alkanes of at least 4 members (excludes halogenated alkanes) is 6. The van der Waals surface area contributed by atoms with Gasteiger partial charge in [-0.3, -0.25) is 9.59 Å². The van der Waals surface area contributed by atoms with Crippen LogP contribution in [0, 0.1) is 11.3 Å². The van der Waals surface area contributed by atoms with E-state index in [-0.39, 0.29) is 17.2 Å². The van der Waals surface area contributed by atoms with Gasteiger partial charge in [-0.25, -0.2) is 0 Å². The highest BCUT2D eigenvalue weighted by atomic mass is 16.2. The molecule has 0 saturated heterocycles. The van der Waals surface area contributed by atoms with Gasteiger partial charge in [0.05, 0.1) is 0 Å². The van der Waals surface area contributed by atoms with Gasteiger partial charge in [0.2, 0.25) is 5.91 Å². The smallest absolute Gasteiger partial charge is 0.225 e. The van der Waals surface area contributed by atoms with Crippen LogP contribution >= 0.6 is 0 Å². The Hall–Kier alpha value is -0.860. The average Bonchev–Trinajstić information content (AvgIpc) is 3.29. The molecule has 23 heavy (non-hydrogen) atoms. The molecule has 1 N–H and O–H groups in total. The first-order chi connectivity index (χ1) is 11.0. The summed E-state index contributed by atoms with van der Waals surface area (Å²) in [6.07, 6.45) is 11.1. The molecule has 0 heterocycles. The molecule has 0 radical (unpaired) electrons. The predicted molar refractivity (Wildman–Crippen MR) is 98.5 cm³/mol. The molecule has 1 aliphatic carbocycles. The quantitative estimate of drug-likeness (QED) is 0.496. The number of Topliss-reactive ketones (excluding diaryl/α,β-unsaturated/α-hetero) is 1. The fourth-order valence-electron chi connectivity index (χ4n) is 2.43. The number of hydrogen-bond donors (Lipinski definition) is 1. The molecule has 1 fully saturated rings. The lowest BCUT2D eigenvalue weighted by atomic mass is 10.0. The van der Waals surface area contributed by atoms with E-state index in [9.17, 15) is 9.59 Å². The van der Waals surface area contributed by atoms with E-state index in [1.54, 1.807) is 0 Å². The van der Waals surface area contributed by atoms with E-state index in [0.29, 0.717) is 5.78 Å². The van der Waals surface area contributed by atoms with Crippen LogP contribution < -0.4 is 5.32 Å². The Labute approximate surface area is 144 Å².